The normalized spacial score (nSPS) is 18.2. The molecule has 0 N–H and O–H groups in total. The molecule has 2 heteroatoms. The Balaban J connectivity index is 1.88. The molecule has 2 nitrogen and oxygen atoms in total. The predicted molar refractivity (Wildman–Crippen MR) is 62.1 cm³/mol. The summed E-state index contributed by atoms with van der Waals surface area (Å²) in [6.45, 7) is 0.777. The van der Waals surface area contributed by atoms with Gasteiger partial charge in [-0.1, -0.05) is 6.07 Å². The average Bonchev–Trinajstić information content (AvgIpc) is 3.01. The lowest BCUT2D eigenvalue weighted by Gasteiger charge is -2.11. The molecule has 0 atom stereocenters. The maximum Gasteiger partial charge on any atom is 0.154 e. The smallest absolute Gasteiger partial charge is 0.154 e. The molecule has 2 aliphatic rings. The first-order valence-electron chi connectivity index (χ1n) is 6.11. The van der Waals surface area contributed by atoms with E-state index < -0.39 is 0 Å². The second-order valence-electron chi connectivity index (χ2n) is 4.84. The highest BCUT2D eigenvalue weighted by Crippen LogP contribution is 2.33. The summed E-state index contributed by atoms with van der Waals surface area (Å²) >= 11 is 0. The molecule has 0 amide bonds. The summed E-state index contributed by atoms with van der Waals surface area (Å²) in [5, 5.41) is 0. The second kappa shape index (κ2) is 3.93. The van der Waals surface area contributed by atoms with Crippen molar-refractivity contribution in [2.75, 3.05) is 6.61 Å². The summed E-state index contributed by atoms with van der Waals surface area (Å²) in [6, 6.07) is 4.09. The molecule has 0 radical (unpaired) electrons. The largest absolute Gasteiger partial charge is 0.493 e. The summed E-state index contributed by atoms with van der Waals surface area (Å²) in [4.78, 5) is 11.2. The first-order valence-corrected chi connectivity index (χ1v) is 6.11. The molecule has 1 fully saturated rings. The van der Waals surface area contributed by atoms with Gasteiger partial charge in [0.15, 0.2) is 6.29 Å². The summed E-state index contributed by atoms with van der Waals surface area (Å²) < 4.78 is 5.75. The molecule has 1 saturated carbocycles. The number of carbonyl (C=O) groups is 1. The van der Waals surface area contributed by atoms with Crippen LogP contribution in [-0.4, -0.2) is 12.9 Å². The van der Waals surface area contributed by atoms with Crippen LogP contribution in [0.15, 0.2) is 12.1 Å². The molecule has 0 spiro atoms. The third-order valence-electron chi connectivity index (χ3n) is 3.58. The fraction of sp³-hybridized carbons (Fsp3) is 0.500. The van der Waals surface area contributed by atoms with Crippen molar-refractivity contribution < 1.29 is 9.53 Å². The molecular weight excluding hydrogens is 200 g/mol. The van der Waals surface area contributed by atoms with Crippen LogP contribution >= 0.6 is 0 Å². The molecule has 2 aliphatic carbocycles. The minimum atomic E-state index is 0.729. The molecular formula is C14H16O2. The Hall–Kier alpha value is -1.31. The van der Waals surface area contributed by atoms with Crippen LogP contribution < -0.4 is 4.74 Å². The van der Waals surface area contributed by atoms with Gasteiger partial charge in [-0.2, -0.15) is 0 Å². The van der Waals surface area contributed by atoms with Crippen molar-refractivity contribution in [1.29, 1.82) is 0 Å². The van der Waals surface area contributed by atoms with E-state index in [-0.39, 0.29) is 0 Å². The second-order valence-corrected chi connectivity index (χ2v) is 4.84. The number of rotatable bonds is 4. The Bertz CT molecular complexity index is 419. The van der Waals surface area contributed by atoms with Crippen LogP contribution in [0.4, 0.5) is 0 Å². The molecule has 0 bridgehead atoms. The lowest BCUT2D eigenvalue weighted by atomic mass is 10.0. The third-order valence-corrected chi connectivity index (χ3v) is 3.58. The van der Waals surface area contributed by atoms with E-state index in [4.69, 9.17) is 4.74 Å². The minimum Gasteiger partial charge on any atom is -0.493 e. The third kappa shape index (κ3) is 1.73. The van der Waals surface area contributed by atoms with E-state index >= 15 is 0 Å². The van der Waals surface area contributed by atoms with Crippen molar-refractivity contribution in [2.24, 2.45) is 5.92 Å². The molecule has 1 aromatic carbocycles. The number of ether oxygens (including phenoxy) is 1. The van der Waals surface area contributed by atoms with E-state index in [1.54, 1.807) is 0 Å². The standard InChI is InChI=1S/C14H16O2/c15-8-13-12-3-1-2-11(12)6-7-14(13)16-9-10-4-5-10/h6-8,10H,1-5,9H2. The minimum absolute atomic E-state index is 0.729. The molecule has 0 saturated heterocycles. The van der Waals surface area contributed by atoms with Crippen LogP contribution in [0, 0.1) is 5.92 Å². The maximum atomic E-state index is 11.2. The quantitative estimate of drug-likeness (QED) is 0.723. The lowest BCUT2D eigenvalue weighted by Crippen LogP contribution is -2.03. The molecule has 16 heavy (non-hydrogen) atoms. The van der Waals surface area contributed by atoms with Gasteiger partial charge in [0.25, 0.3) is 0 Å². The van der Waals surface area contributed by atoms with Gasteiger partial charge in [-0.15, -0.1) is 0 Å². The summed E-state index contributed by atoms with van der Waals surface area (Å²) in [5.41, 5.74) is 3.36. The van der Waals surface area contributed by atoms with Gasteiger partial charge >= 0.3 is 0 Å². The molecule has 1 aromatic rings. The van der Waals surface area contributed by atoms with Gasteiger partial charge in [-0.25, -0.2) is 0 Å². The Labute approximate surface area is 95.6 Å². The number of fused-ring (bicyclic) bond motifs is 1. The Kier molecular flexibility index (Phi) is 2.43. The van der Waals surface area contributed by atoms with Crippen molar-refractivity contribution in [3.05, 3.63) is 28.8 Å². The van der Waals surface area contributed by atoms with E-state index in [2.05, 4.69) is 6.07 Å². The number of aldehydes is 1. The SMILES string of the molecule is O=Cc1c(OCC2CC2)ccc2c1CCC2. The van der Waals surface area contributed by atoms with Gasteiger partial charge in [-0.3, -0.25) is 4.79 Å². The van der Waals surface area contributed by atoms with Crippen molar-refractivity contribution in [3.63, 3.8) is 0 Å². The van der Waals surface area contributed by atoms with Gasteiger partial charge in [-0.05, 0) is 55.2 Å². The highest BCUT2D eigenvalue weighted by atomic mass is 16.5. The van der Waals surface area contributed by atoms with Crippen molar-refractivity contribution in [2.45, 2.75) is 32.1 Å². The maximum absolute atomic E-state index is 11.2. The first-order chi connectivity index (χ1) is 7.88. The zero-order valence-electron chi connectivity index (χ0n) is 9.37. The Morgan fingerprint density at radius 1 is 1.31 bits per heavy atom. The average molecular weight is 216 g/mol. The molecule has 0 heterocycles. The summed E-state index contributed by atoms with van der Waals surface area (Å²) in [6.07, 6.45) is 6.83. The van der Waals surface area contributed by atoms with E-state index in [9.17, 15) is 4.79 Å². The van der Waals surface area contributed by atoms with Gasteiger partial charge in [0, 0.05) is 0 Å². The fourth-order valence-electron chi connectivity index (χ4n) is 2.42. The number of benzene rings is 1. The van der Waals surface area contributed by atoms with E-state index in [1.165, 1.54) is 30.4 Å². The van der Waals surface area contributed by atoms with Gasteiger partial charge < -0.3 is 4.74 Å². The van der Waals surface area contributed by atoms with E-state index in [1.807, 2.05) is 6.07 Å². The van der Waals surface area contributed by atoms with Crippen LogP contribution in [0.25, 0.3) is 0 Å². The molecule has 3 rings (SSSR count). The van der Waals surface area contributed by atoms with Crippen molar-refractivity contribution in [1.82, 2.24) is 0 Å². The molecule has 0 unspecified atom stereocenters. The van der Waals surface area contributed by atoms with Gasteiger partial charge in [0.05, 0.1) is 12.2 Å². The fourth-order valence-corrected chi connectivity index (χ4v) is 2.42. The number of hydrogen-bond donors (Lipinski definition) is 0. The topological polar surface area (TPSA) is 26.3 Å². The van der Waals surface area contributed by atoms with E-state index in [0.29, 0.717) is 0 Å². The molecule has 84 valence electrons. The Morgan fingerprint density at radius 2 is 2.19 bits per heavy atom. The predicted octanol–water partition coefficient (Wildman–Crippen LogP) is 2.78. The number of hydrogen-bond acceptors (Lipinski definition) is 2. The van der Waals surface area contributed by atoms with Crippen molar-refractivity contribution in [3.8, 4) is 5.75 Å². The lowest BCUT2D eigenvalue weighted by molar-refractivity contribution is 0.111. The first kappa shape index (κ1) is 9.88. The zero-order chi connectivity index (χ0) is 11.0. The summed E-state index contributed by atoms with van der Waals surface area (Å²) in [7, 11) is 0. The number of carbonyl (C=O) groups excluding carboxylic acids is 1. The van der Waals surface area contributed by atoms with Crippen LogP contribution in [0.2, 0.25) is 0 Å². The van der Waals surface area contributed by atoms with Crippen LogP contribution in [-0.2, 0) is 12.8 Å². The van der Waals surface area contributed by atoms with Crippen LogP contribution in [0.5, 0.6) is 5.75 Å². The molecule has 0 aromatic heterocycles. The van der Waals surface area contributed by atoms with Crippen molar-refractivity contribution >= 4 is 6.29 Å². The van der Waals surface area contributed by atoms with Gasteiger partial charge in [0.1, 0.15) is 5.75 Å². The zero-order valence-corrected chi connectivity index (χ0v) is 9.37. The highest BCUT2D eigenvalue weighted by molar-refractivity contribution is 5.82. The number of aryl methyl sites for hydroxylation is 1. The Morgan fingerprint density at radius 3 is 2.94 bits per heavy atom. The molecule has 0 aliphatic heterocycles. The summed E-state index contributed by atoms with van der Waals surface area (Å²) in [5.74, 6) is 1.52. The van der Waals surface area contributed by atoms with Gasteiger partial charge in [0.2, 0.25) is 0 Å². The monoisotopic (exact) mass is 216 g/mol. The van der Waals surface area contributed by atoms with E-state index in [0.717, 1.165) is 43.0 Å². The van der Waals surface area contributed by atoms with Crippen LogP contribution in [0.3, 0.4) is 0 Å². The highest BCUT2D eigenvalue weighted by Gasteiger charge is 2.23. The van der Waals surface area contributed by atoms with Crippen LogP contribution in [0.1, 0.15) is 40.7 Å².